The Bertz CT molecular complexity index is 710. The number of carbonyl (C=O) groups excluding carboxylic acids is 1. The fourth-order valence-electron chi connectivity index (χ4n) is 2.07. The minimum absolute atomic E-state index is 0.534. The van der Waals surface area contributed by atoms with Gasteiger partial charge in [-0.15, -0.1) is 11.3 Å². The van der Waals surface area contributed by atoms with Crippen molar-refractivity contribution >= 4 is 22.9 Å². The molecule has 0 saturated heterocycles. The molecule has 3 aromatic rings. The van der Waals surface area contributed by atoms with Crippen molar-refractivity contribution in [2.45, 2.75) is 6.54 Å². The van der Waals surface area contributed by atoms with Crippen LogP contribution in [0, 0.1) is 0 Å². The van der Waals surface area contributed by atoms with Crippen LogP contribution in [0.5, 0.6) is 0 Å². The van der Waals surface area contributed by atoms with Crippen LogP contribution in [0.4, 0.5) is 5.13 Å². The third-order valence-electron chi connectivity index (χ3n) is 3.13. The van der Waals surface area contributed by atoms with E-state index in [9.17, 15) is 4.79 Å². The lowest BCUT2D eigenvalue weighted by atomic mass is 10.2. The average Bonchev–Trinajstić information content (AvgIpc) is 3.04. The summed E-state index contributed by atoms with van der Waals surface area (Å²) >= 11 is 1.48. The lowest BCUT2D eigenvalue weighted by Gasteiger charge is -2.13. The highest BCUT2D eigenvalue weighted by atomic mass is 32.1. The van der Waals surface area contributed by atoms with Gasteiger partial charge in [-0.25, -0.2) is 4.98 Å². The first-order chi connectivity index (χ1) is 10.4. The summed E-state index contributed by atoms with van der Waals surface area (Å²) < 4.78 is 0. The molecule has 0 spiro atoms. The van der Waals surface area contributed by atoms with Gasteiger partial charge in [0.25, 0.3) is 0 Å². The quantitative estimate of drug-likeness (QED) is 0.667. The van der Waals surface area contributed by atoms with Gasteiger partial charge in [0, 0.05) is 10.9 Å². The predicted molar refractivity (Wildman–Crippen MR) is 86.2 cm³/mol. The van der Waals surface area contributed by atoms with E-state index in [1.807, 2.05) is 66.0 Å². The van der Waals surface area contributed by atoms with Gasteiger partial charge in [0.15, 0.2) is 5.13 Å². The van der Waals surface area contributed by atoms with E-state index in [-0.39, 0.29) is 0 Å². The van der Waals surface area contributed by atoms with Crippen molar-refractivity contribution in [2.24, 2.45) is 0 Å². The molecular weight excluding hydrogens is 280 g/mol. The maximum absolute atomic E-state index is 11.3. The van der Waals surface area contributed by atoms with Gasteiger partial charge in [0.05, 0.1) is 12.2 Å². The summed E-state index contributed by atoms with van der Waals surface area (Å²) in [4.78, 5) is 17.5. The highest BCUT2D eigenvalue weighted by Crippen LogP contribution is 2.27. The summed E-state index contributed by atoms with van der Waals surface area (Å²) in [5.74, 6) is 0. The Labute approximate surface area is 127 Å². The fraction of sp³-hybridized carbons (Fsp3) is 0.0588. The molecule has 0 bridgehead atoms. The molecule has 0 aliphatic carbocycles. The van der Waals surface area contributed by atoms with Gasteiger partial charge in [-0.3, -0.25) is 9.69 Å². The highest BCUT2D eigenvalue weighted by Gasteiger charge is 2.11. The molecule has 104 valence electrons. The maximum atomic E-state index is 11.3. The molecule has 1 aromatic heterocycles. The Morgan fingerprint density at radius 3 is 2.33 bits per heavy atom. The molecule has 1 amide bonds. The SMILES string of the molecule is O=CN(Cc1ccccc1)c1nc(-c2ccccc2)cs1. The van der Waals surface area contributed by atoms with E-state index in [0.717, 1.165) is 23.2 Å². The lowest BCUT2D eigenvalue weighted by molar-refractivity contribution is -0.107. The van der Waals surface area contributed by atoms with Crippen molar-refractivity contribution in [1.82, 2.24) is 4.98 Å². The number of anilines is 1. The lowest BCUT2D eigenvalue weighted by Crippen LogP contribution is -2.20. The van der Waals surface area contributed by atoms with Crippen LogP contribution in [-0.2, 0) is 11.3 Å². The van der Waals surface area contributed by atoms with Crippen molar-refractivity contribution in [2.75, 3.05) is 4.90 Å². The zero-order valence-electron chi connectivity index (χ0n) is 11.3. The van der Waals surface area contributed by atoms with Crippen LogP contribution in [-0.4, -0.2) is 11.4 Å². The Balaban J connectivity index is 1.82. The number of carbonyl (C=O) groups is 1. The number of rotatable bonds is 5. The molecule has 1 heterocycles. The minimum Gasteiger partial charge on any atom is -0.286 e. The first-order valence-corrected chi connectivity index (χ1v) is 7.51. The second-order valence-electron chi connectivity index (χ2n) is 4.60. The number of thiazole rings is 1. The Morgan fingerprint density at radius 1 is 1.00 bits per heavy atom. The van der Waals surface area contributed by atoms with Crippen LogP contribution in [0.3, 0.4) is 0 Å². The number of nitrogens with zero attached hydrogens (tertiary/aromatic N) is 2. The molecule has 0 N–H and O–H groups in total. The molecule has 4 heteroatoms. The van der Waals surface area contributed by atoms with Crippen LogP contribution in [0.2, 0.25) is 0 Å². The number of amides is 1. The maximum Gasteiger partial charge on any atom is 0.216 e. The molecule has 2 aromatic carbocycles. The van der Waals surface area contributed by atoms with Gasteiger partial charge in [0.1, 0.15) is 0 Å². The van der Waals surface area contributed by atoms with E-state index in [2.05, 4.69) is 4.98 Å². The highest BCUT2D eigenvalue weighted by molar-refractivity contribution is 7.14. The largest absolute Gasteiger partial charge is 0.286 e. The van der Waals surface area contributed by atoms with Crippen molar-refractivity contribution in [1.29, 1.82) is 0 Å². The molecule has 0 aliphatic heterocycles. The van der Waals surface area contributed by atoms with Crippen LogP contribution in [0.1, 0.15) is 5.56 Å². The molecule has 21 heavy (non-hydrogen) atoms. The molecular formula is C17H14N2OS. The van der Waals surface area contributed by atoms with Gasteiger partial charge in [-0.1, -0.05) is 60.7 Å². The summed E-state index contributed by atoms with van der Waals surface area (Å²) in [5, 5.41) is 2.69. The van der Waals surface area contributed by atoms with Crippen LogP contribution >= 0.6 is 11.3 Å². The van der Waals surface area contributed by atoms with Crippen LogP contribution in [0.15, 0.2) is 66.0 Å². The first kappa shape index (κ1) is 13.5. The zero-order chi connectivity index (χ0) is 14.5. The third-order valence-corrected chi connectivity index (χ3v) is 4.01. The summed E-state index contributed by atoms with van der Waals surface area (Å²) in [6, 6.07) is 19.9. The normalized spacial score (nSPS) is 10.3. The molecule has 0 fully saturated rings. The summed E-state index contributed by atoms with van der Waals surface area (Å²) in [7, 11) is 0. The van der Waals surface area contributed by atoms with E-state index in [4.69, 9.17) is 0 Å². The van der Waals surface area contributed by atoms with Crippen LogP contribution < -0.4 is 4.90 Å². The first-order valence-electron chi connectivity index (χ1n) is 6.63. The van der Waals surface area contributed by atoms with Gasteiger partial charge in [0.2, 0.25) is 6.41 Å². The van der Waals surface area contributed by atoms with Crippen LogP contribution in [0.25, 0.3) is 11.3 Å². The molecule has 3 nitrogen and oxygen atoms in total. The Morgan fingerprint density at radius 2 is 1.67 bits per heavy atom. The third kappa shape index (κ3) is 3.17. The van der Waals surface area contributed by atoms with E-state index in [1.165, 1.54) is 11.3 Å². The van der Waals surface area contributed by atoms with Crippen molar-refractivity contribution in [3.05, 3.63) is 71.6 Å². The number of benzene rings is 2. The Kier molecular flexibility index (Phi) is 4.07. The predicted octanol–water partition coefficient (Wildman–Crippen LogP) is 3.97. The van der Waals surface area contributed by atoms with E-state index in [1.54, 1.807) is 4.90 Å². The van der Waals surface area contributed by atoms with E-state index in [0.29, 0.717) is 11.7 Å². The topological polar surface area (TPSA) is 33.2 Å². The van der Waals surface area contributed by atoms with Crippen molar-refractivity contribution in [3.63, 3.8) is 0 Å². The number of hydrogen-bond donors (Lipinski definition) is 0. The molecule has 0 aliphatic rings. The summed E-state index contributed by atoms with van der Waals surface area (Å²) in [6.07, 6.45) is 0.834. The molecule has 0 saturated carbocycles. The van der Waals surface area contributed by atoms with E-state index >= 15 is 0 Å². The zero-order valence-corrected chi connectivity index (χ0v) is 12.2. The summed E-state index contributed by atoms with van der Waals surface area (Å²) in [5.41, 5.74) is 3.04. The van der Waals surface area contributed by atoms with Gasteiger partial charge >= 0.3 is 0 Å². The van der Waals surface area contributed by atoms with Crippen molar-refractivity contribution in [3.8, 4) is 11.3 Å². The smallest absolute Gasteiger partial charge is 0.216 e. The average molecular weight is 294 g/mol. The van der Waals surface area contributed by atoms with Gasteiger partial charge in [-0.05, 0) is 5.56 Å². The van der Waals surface area contributed by atoms with E-state index < -0.39 is 0 Å². The van der Waals surface area contributed by atoms with Crippen molar-refractivity contribution < 1.29 is 4.79 Å². The monoisotopic (exact) mass is 294 g/mol. The second kappa shape index (κ2) is 6.33. The molecule has 0 atom stereocenters. The number of aromatic nitrogens is 1. The molecule has 0 unspecified atom stereocenters. The standard InChI is InChI=1S/C17H14N2OS/c20-13-19(11-14-7-3-1-4-8-14)17-18-16(12-21-17)15-9-5-2-6-10-15/h1-10,12-13H,11H2. The minimum atomic E-state index is 0.534. The van der Waals surface area contributed by atoms with Gasteiger partial charge < -0.3 is 0 Å². The molecule has 3 rings (SSSR count). The number of hydrogen-bond acceptors (Lipinski definition) is 3. The Hall–Kier alpha value is -2.46. The van der Waals surface area contributed by atoms with Gasteiger partial charge in [-0.2, -0.15) is 0 Å². The fourth-order valence-corrected chi connectivity index (χ4v) is 2.87. The molecule has 0 radical (unpaired) electrons. The second-order valence-corrected chi connectivity index (χ2v) is 5.44. The summed E-state index contributed by atoms with van der Waals surface area (Å²) in [6.45, 7) is 0.534.